The van der Waals surface area contributed by atoms with Crippen LogP contribution in [0.2, 0.25) is 0 Å². The Hall–Kier alpha value is -1.76. The lowest BCUT2D eigenvalue weighted by Gasteiger charge is -2.14. The van der Waals surface area contributed by atoms with Crippen molar-refractivity contribution in [1.82, 2.24) is 15.1 Å². The first-order valence-electron chi connectivity index (χ1n) is 6.64. The molecule has 0 saturated carbocycles. The van der Waals surface area contributed by atoms with Gasteiger partial charge in [-0.3, -0.25) is 4.98 Å². The van der Waals surface area contributed by atoms with Gasteiger partial charge in [0.25, 0.3) is 0 Å². The predicted molar refractivity (Wildman–Crippen MR) is 76.1 cm³/mol. The minimum Gasteiger partial charge on any atom is -0.339 e. The van der Waals surface area contributed by atoms with Crippen molar-refractivity contribution in [3.63, 3.8) is 0 Å². The summed E-state index contributed by atoms with van der Waals surface area (Å²) in [5.41, 5.74) is 1.28. The number of rotatable bonds is 2. The molecule has 0 unspecified atom stereocenters. The van der Waals surface area contributed by atoms with E-state index in [-0.39, 0.29) is 0 Å². The van der Waals surface area contributed by atoms with E-state index in [9.17, 15) is 4.21 Å². The summed E-state index contributed by atoms with van der Waals surface area (Å²) in [5, 5.41) is 3.81. The van der Waals surface area contributed by atoms with Gasteiger partial charge in [0.15, 0.2) is 0 Å². The van der Waals surface area contributed by atoms with E-state index < -0.39 is 9.73 Å². The zero-order valence-corrected chi connectivity index (χ0v) is 12.1. The summed E-state index contributed by atoms with van der Waals surface area (Å²) in [6.45, 7) is 1.73. The van der Waals surface area contributed by atoms with Gasteiger partial charge in [0, 0.05) is 18.4 Å². The average molecular weight is 292 g/mol. The van der Waals surface area contributed by atoms with Crippen molar-refractivity contribution in [1.29, 1.82) is 0 Å². The Bertz CT molecular complexity index is 702. The van der Waals surface area contributed by atoms with Gasteiger partial charge in [-0.05, 0) is 25.0 Å². The standard InChI is InChI=1S/C13H16N4O2S/c1-10-15-13(16-19-10)12-6-5-11(9-14-12)17-20(18)7-3-2-4-8-20/h5-6,9H,2-4,7-8H2,1H3. The van der Waals surface area contributed by atoms with Crippen molar-refractivity contribution >= 4 is 15.4 Å². The monoisotopic (exact) mass is 292 g/mol. The first-order chi connectivity index (χ1) is 9.65. The van der Waals surface area contributed by atoms with Crippen LogP contribution in [-0.2, 0) is 9.73 Å². The van der Waals surface area contributed by atoms with Crippen LogP contribution in [0, 0.1) is 6.92 Å². The molecule has 0 N–H and O–H groups in total. The molecule has 0 bridgehead atoms. The second kappa shape index (κ2) is 5.32. The highest BCUT2D eigenvalue weighted by molar-refractivity contribution is 7.93. The molecule has 1 saturated heterocycles. The molecule has 0 aromatic carbocycles. The molecule has 0 spiro atoms. The Morgan fingerprint density at radius 1 is 1.25 bits per heavy atom. The van der Waals surface area contributed by atoms with Crippen molar-refractivity contribution in [2.75, 3.05) is 11.5 Å². The molecule has 0 atom stereocenters. The van der Waals surface area contributed by atoms with Gasteiger partial charge >= 0.3 is 0 Å². The lowest BCUT2D eigenvalue weighted by molar-refractivity contribution is 0.394. The fourth-order valence-electron chi connectivity index (χ4n) is 2.19. The molecule has 7 heteroatoms. The van der Waals surface area contributed by atoms with Crippen LogP contribution in [0.1, 0.15) is 25.2 Å². The third-order valence-electron chi connectivity index (χ3n) is 3.20. The first-order valence-corrected chi connectivity index (χ1v) is 8.49. The number of aryl methyl sites for hydroxylation is 1. The summed E-state index contributed by atoms with van der Waals surface area (Å²) in [6, 6.07) is 3.57. The summed E-state index contributed by atoms with van der Waals surface area (Å²) in [5.74, 6) is 2.34. The Kier molecular flexibility index (Phi) is 3.52. The second-order valence-electron chi connectivity index (χ2n) is 4.87. The van der Waals surface area contributed by atoms with Crippen LogP contribution in [0.15, 0.2) is 27.2 Å². The highest BCUT2D eigenvalue weighted by atomic mass is 32.2. The highest BCUT2D eigenvalue weighted by Crippen LogP contribution is 2.22. The van der Waals surface area contributed by atoms with Gasteiger partial charge in [-0.1, -0.05) is 11.6 Å². The minimum absolute atomic E-state index is 0.455. The predicted octanol–water partition coefficient (Wildman–Crippen LogP) is 2.72. The van der Waals surface area contributed by atoms with Crippen molar-refractivity contribution in [3.05, 3.63) is 24.2 Å². The van der Waals surface area contributed by atoms with E-state index in [1.807, 2.05) is 0 Å². The first kappa shape index (κ1) is 13.2. The smallest absolute Gasteiger partial charge is 0.223 e. The van der Waals surface area contributed by atoms with E-state index in [0.717, 1.165) is 19.3 Å². The van der Waals surface area contributed by atoms with Crippen molar-refractivity contribution in [2.45, 2.75) is 26.2 Å². The maximum atomic E-state index is 12.5. The van der Waals surface area contributed by atoms with Gasteiger partial charge in [-0.2, -0.15) is 9.35 Å². The van der Waals surface area contributed by atoms with Crippen LogP contribution in [-0.4, -0.2) is 30.8 Å². The van der Waals surface area contributed by atoms with E-state index in [0.29, 0.717) is 34.6 Å². The van der Waals surface area contributed by atoms with Gasteiger partial charge in [0.05, 0.1) is 21.6 Å². The zero-order chi connectivity index (χ0) is 14.0. The summed E-state index contributed by atoms with van der Waals surface area (Å²) in [7, 11) is -2.08. The third-order valence-corrected chi connectivity index (χ3v) is 5.60. The van der Waals surface area contributed by atoms with Gasteiger partial charge in [0.1, 0.15) is 5.69 Å². The quantitative estimate of drug-likeness (QED) is 0.850. The molecule has 0 amide bonds. The van der Waals surface area contributed by atoms with E-state index >= 15 is 0 Å². The van der Waals surface area contributed by atoms with E-state index in [4.69, 9.17) is 4.52 Å². The lowest BCUT2D eigenvalue weighted by atomic mass is 10.3. The molecule has 2 aromatic heterocycles. The van der Waals surface area contributed by atoms with E-state index in [1.54, 1.807) is 25.3 Å². The fourth-order valence-corrected chi connectivity index (χ4v) is 4.38. The molecule has 20 heavy (non-hydrogen) atoms. The van der Waals surface area contributed by atoms with Crippen LogP contribution in [0.5, 0.6) is 0 Å². The summed E-state index contributed by atoms with van der Waals surface area (Å²) in [4.78, 5) is 8.37. The van der Waals surface area contributed by atoms with E-state index in [2.05, 4.69) is 19.5 Å². The van der Waals surface area contributed by atoms with Gasteiger partial charge < -0.3 is 4.52 Å². The van der Waals surface area contributed by atoms with Crippen LogP contribution in [0.3, 0.4) is 0 Å². The molecule has 1 aliphatic heterocycles. The highest BCUT2D eigenvalue weighted by Gasteiger charge is 2.14. The molecule has 106 valence electrons. The van der Waals surface area contributed by atoms with Crippen molar-refractivity contribution in [3.8, 4) is 11.5 Å². The fraction of sp³-hybridized carbons (Fsp3) is 0.462. The maximum Gasteiger partial charge on any atom is 0.223 e. The van der Waals surface area contributed by atoms with Crippen LogP contribution >= 0.6 is 0 Å². The molecule has 2 aromatic rings. The number of pyridine rings is 1. The van der Waals surface area contributed by atoms with Crippen LogP contribution in [0.25, 0.3) is 11.5 Å². The average Bonchev–Trinajstić information content (AvgIpc) is 2.87. The largest absolute Gasteiger partial charge is 0.339 e. The molecular formula is C13H16N4O2S. The second-order valence-corrected chi connectivity index (χ2v) is 7.42. The summed E-state index contributed by atoms with van der Waals surface area (Å²) >= 11 is 0. The number of hydrogen-bond acceptors (Lipinski definition) is 6. The Morgan fingerprint density at radius 2 is 2.05 bits per heavy atom. The molecule has 0 radical (unpaired) electrons. The number of aromatic nitrogens is 3. The molecular weight excluding hydrogens is 276 g/mol. The summed E-state index contributed by atoms with van der Waals surface area (Å²) < 4.78 is 21.8. The van der Waals surface area contributed by atoms with E-state index in [1.165, 1.54) is 0 Å². The Morgan fingerprint density at radius 3 is 2.65 bits per heavy atom. The van der Waals surface area contributed by atoms with Crippen LogP contribution < -0.4 is 0 Å². The van der Waals surface area contributed by atoms with Gasteiger partial charge in [-0.25, -0.2) is 4.21 Å². The summed E-state index contributed by atoms with van der Waals surface area (Å²) in [6.07, 6.45) is 4.76. The molecule has 3 heterocycles. The zero-order valence-electron chi connectivity index (χ0n) is 11.3. The van der Waals surface area contributed by atoms with Crippen molar-refractivity contribution < 1.29 is 8.73 Å². The molecule has 0 aliphatic carbocycles. The third kappa shape index (κ3) is 2.87. The molecule has 1 fully saturated rings. The molecule has 1 aliphatic rings. The molecule has 3 rings (SSSR count). The minimum atomic E-state index is -2.08. The van der Waals surface area contributed by atoms with Gasteiger partial charge in [0.2, 0.25) is 11.7 Å². The maximum absolute atomic E-state index is 12.5. The van der Waals surface area contributed by atoms with Gasteiger partial charge in [-0.15, -0.1) is 0 Å². The Labute approximate surface area is 117 Å². The van der Waals surface area contributed by atoms with Crippen molar-refractivity contribution in [2.24, 2.45) is 4.36 Å². The lowest BCUT2D eigenvalue weighted by Crippen LogP contribution is -2.15. The number of hydrogen-bond donors (Lipinski definition) is 0. The topological polar surface area (TPSA) is 81.2 Å². The normalized spacial score (nSPS) is 17.9. The van der Waals surface area contributed by atoms with Crippen LogP contribution in [0.4, 0.5) is 5.69 Å². The molecule has 6 nitrogen and oxygen atoms in total. The SMILES string of the molecule is Cc1nc(-c2ccc(N=S3(=O)CCCCC3)cn2)no1. The Balaban J connectivity index is 1.86. The number of nitrogens with zero attached hydrogens (tertiary/aromatic N) is 4.